The molecule has 0 aromatic heterocycles. The van der Waals surface area contributed by atoms with Gasteiger partial charge in [0.05, 0.1) is 0 Å². The lowest BCUT2D eigenvalue weighted by molar-refractivity contribution is 0.282. The maximum Gasteiger partial charge on any atom is 0.115 e. The normalized spacial score (nSPS) is 25.7. The summed E-state index contributed by atoms with van der Waals surface area (Å²) in [5, 5.41) is 13.0. The Morgan fingerprint density at radius 3 is 2.73 bits per heavy atom. The number of hydrogen-bond donors (Lipinski definition) is 2. The minimum atomic E-state index is 0. The molecule has 1 atom stereocenters. The van der Waals surface area contributed by atoms with Crippen molar-refractivity contribution in [3.63, 3.8) is 0 Å². The second kappa shape index (κ2) is 4.86. The van der Waals surface area contributed by atoms with Crippen molar-refractivity contribution in [2.45, 2.75) is 31.7 Å². The molecular formula is C12H18ClNO. The summed E-state index contributed by atoms with van der Waals surface area (Å²) in [4.78, 5) is 0. The van der Waals surface area contributed by atoms with Gasteiger partial charge in [-0.1, -0.05) is 18.6 Å². The van der Waals surface area contributed by atoms with Gasteiger partial charge in [0.2, 0.25) is 0 Å². The predicted molar refractivity (Wildman–Crippen MR) is 64.6 cm³/mol. The number of halogens is 1. The molecular weight excluding hydrogens is 210 g/mol. The number of nitrogens with one attached hydrogen (secondary N) is 1. The fraction of sp³-hybridized carbons (Fsp3) is 0.500. The molecule has 1 aromatic rings. The SMILES string of the molecule is CC1(c2cccc(O)c2)CCCCN1.Cl. The molecule has 1 aromatic carbocycles. The minimum Gasteiger partial charge on any atom is -0.508 e. The molecule has 2 rings (SSSR count). The molecule has 84 valence electrons. The highest BCUT2D eigenvalue weighted by Crippen LogP contribution is 2.31. The second-order valence-electron chi connectivity index (χ2n) is 4.27. The molecule has 1 fully saturated rings. The third kappa shape index (κ3) is 2.64. The van der Waals surface area contributed by atoms with E-state index in [0.717, 1.165) is 13.0 Å². The summed E-state index contributed by atoms with van der Waals surface area (Å²) in [6, 6.07) is 7.57. The van der Waals surface area contributed by atoms with Crippen LogP contribution >= 0.6 is 12.4 Å². The molecule has 3 heteroatoms. The van der Waals surface area contributed by atoms with Gasteiger partial charge in [-0.15, -0.1) is 12.4 Å². The monoisotopic (exact) mass is 227 g/mol. The topological polar surface area (TPSA) is 32.3 Å². The van der Waals surface area contributed by atoms with Crippen LogP contribution in [0.2, 0.25) is 0 Å². The van der Waals surface area contributed by atoms with Crippen LogP contribution in [0.1, 0.15) is 31.7 Å². The van der Waals surface area contributed by atoms with Crippen LogP contribution in [0, 0.1) is 0 Å². The van der Waals surface area contributed by atoms with Gasteiger partial charge in [0.25, 0.3) is 0 Å². The molecule has 1 heterocycles. The average Bonchev–Trinajstić information content (AvgIpc) is 2.19. The van der Waals surface area contributed by atoms with E-state index in [2.05, 4.69) is 18.3 Å². The largest absolute Gasteiger partial charge is 0.508 e. The molecule has 0 spiro atoms. The van der Waals surface area contributed by atoms with E-state index in [4.69, 9.17) is 0 Å². The van der Waals surface area contributed by atoms with Crippen LogP contribution < -0.4 is 5.32 Å². The van der Waals surface area contributed by atoms with Crippen LogP contribution in [0.25, 0.3) is 0 Å². The van der Waals surface area contributed by atoms with Crippen molar-refractivity contribution >= 4 is 12.4 Å². The highest BCUT2D eigenvalue weighted by atomic mass is 35.5. The van der Waals surface area contributed by atoms with Crippen molar-refractivity contribution < 1.29 is 5.11 Å². The van der Waals surface area contributed by atoms with Crippen molar-refractivity contribution in [3.8, 4) is 5.75 Å². The highest BCUT2D eigenvalue weighted by Gasteiger charge is 2.27. The third-order valence-electron chi connectivity index (χ3n) is 3.10. The first-order chi connectivity index (χ1) is 6.71. The maximum atomic E-state index is 9.43. The molecule has 0 bridgehead atoms. The molecule has 0 aliphatic carbocycles. The molecule has 0 radical (unpaired) electrons. The lowest BCUT2D eigenvalue weighted by Crippen LogP contribution is -2.43. The molecule has 2 N–H and O–H groups in total. The fourth-order valence-corrected chi connectivity index (χ4v) is 2.15. The molecule has 0 saturated carbocycles. The highest BCUT2D eigenvalue weighted by molar-refractivity contribution is 5.85. The van der Waals surface area contributed by atoms with Crippen LogP contribution in [0.3, 0.4) is 0 Å². The van der Waals surface area contributed by atoms with Gasteiger partial charge in [-0.3, -0.25) is 0 Å². The number of phenolic OH excluding ortho intramolecular Hbond substituents is 1. The third-order valence-corrected chi connectivity index (χ3v) is 3.10. The number of rotatable bonds is 1. The first-order valence-corrected chi connectivity index (χ1v) is 5.25. The second-order valence-corrected chi connectivity index (χ2v) is 4.27. The van der Waals surface area contributed by atoms with E-state index in [0.29, 0.717) is 5.75 Å². The van der Waals surface area contributed by atoms with Crippen molar-refractivity contribution in [1.82, 2.24) is 5.32 Å². The minimum absolute atomic E-state index is 0. The predicted octanol–water partition coefficient (Wildman–Crippen LogP) is 2.80. The summed E-state index contributed by atoms with van der Waals surface area (Å²) < 4.78 is 0. The zero-order valence-electron chi connectivity index (χ0n) is 8.99. The lowest BCUT2D eigenvalue weighted by Gasteiger charge is -2.35. The van der Waals surface area contributed by atoms with Crippen molar-refractivity contribution in [3.05, 3.63) is 29.8 Å². The average molecular weight is 228 g/mol. The molecule has 1 aliphatic heterocycles. The van der Waals surface area contributed by atoms with E-state index in [1.54, 1.807) is 6.07 Å². The zero-order chi connectivity index (χ0) is 10.0. The summed E-state index contributed by atoms with van der Waals surface area (Å²) in [5.41, 5.74) is 1.24. The molecule has 1 unspecified atom stereocenters. The van der Waals surface area contributed by atoms with E-state index in [-0.39, 0.29) is 17.9 Å². The zero-order valence-corrected chi connectivity index (χ0v) is 9.81. The van der Waals surface area contributed by atoms with Crippen LogP contribution in [-0.4, -0.2) is 11.7 Å². The first kappa shape index (κ1) is 12.3. The van der Waals surface area contributed by atoms with E-state index in [9.17, 15) is 5.11 Å². The van der Waals surface area contributed by atoms with E-state index >= 15 is 0 Å². The summed E-state index contributed by atoms with van der Waals surface area (Å²) in [5.74, 6) is 0.357. The van der Waals surface area contributed by atoms with Crippen molar-refractivity contribution in [2.24, 2.45) is 0 Å². The van der Waals surface area contributed by atoms with Gasteiger partial charge >= 0.3 is 0 Å². The number of aromatic hydroxyl groups is 1. The van der Waals surface area contributed by atoms with Gasteiger partial charge < -0.3 is 10.4 Å². The number of hydrogen-bond acceptors (Lipinski definition) is 2. The smallest absolute Gasteiger partial charge is 0.115 e. The molecule has 1 aliphatic rings. The van der Waals surface area contributed by atoms with Gasteiger partial charge in [0.15, 0.2) is 0 Å². The lowest BCUT2D eigenvalue weighted by atomic mass is 9.84. The Balaban J connectivity index is 0.00000112. The maximum absolute atomic E-state index is 9.43. The number of phenols is 1. The summed E-state index contributed by atoms with van der Waals surface area (Å²) in [6.07, 6.45) is 3.67. The Kier molecular flexibility index (Phi) is 4.00. The van der Waals surface area contributed by atoms with Crippen LogP contribution in [0.5, 0.6) is 5.75 Å². The number of piperidine rings is 1. The van der Waals surface area contributed by atoms with Gasteiger partial charge in [-0.25, -0.2) is 0 Å². The van der Waals surface area contributed by atoms with E-state index in [1.807, 2.05) is 12.1 Å². The van der Waals surface area contributed by atoms with Gasteiger partial charge in [-0.05, 0) is 44.0 Å². The van der Waals surface area contributed by atoms with Crippen LogP contribution in [-0.2, 0) is 5.54 Å². The Bertz CT molecular complexity index is 321. The Morgan fingerprint density at radius 2 is 2.13 bits per heavy atom. The van der Waals surface area contributed by atoms with Crippen molar-refractivity contribution in [2.75, 3.05) is 6.54 Å². The van der Waals surface area contributed by atoms with Gasteiger partial charge in [0.1, 0.15) is 5.75 Å². The van der Waals surface area contributed by atoms with Gasteiger partial charge in [0, 0.05) is 5.54 Å². The molecule has 15 heavy (non-hydrogen) atoms. The Hall–Kier alpha value is -0.730. The van der Waals surface area contributed by atoms with Crippen LogP contribution in [0.4, 0.5) is 0 Å². The van der Waals surface area contributed by atoms with Gasteiger partial charge in [-0.2, -0.15) is 0 Å². The molecule has 0 amide bonds. The summed E-state index contributed by atoms with van der Waals surface area (Å²) in [6.45, 7) is 3.28. The Morgan fingerprint density at radius 1 is 1.33 bits per heavy atom. The number of benzene rings is 1. The standard InChI is InChI=1S/C12H17NO.ClH/c1-12(7-2-3-8-13-12)10-5-4-6-11(14)9-10;/h4-6,9,13-14H,2-3,7-8H2,1H3;1H. The first-order valence-electron chi connectivity index (χ1n) is 5.25. The van der Waals surface area contributed by atoms with Crippen LogP contribution in [0.15, 0.2) is 24.3 Å². The Labute approximate surface area is 97.1 Å². The molecule has 1 saturated heterocycles. The van der Waals surface area contributed by atoms with E-state index < -0.39 is 0 Å². The molecule has 2 nitrogen and oxygen atoms in total. The fourth-order valence-electron chi connectivity index (χ4n) is 2.15. The summed E-state index contributed by atoms with van der Waals surface area (Å²) >= 11 is 0. The van der Waals surface area contributed by atoms with E-state index in [1.165, 1.54) is 18.4 Å². The quantitative estimate of drug-likeness (QED) is 0.774. The summed E-state index contributed by atoms with van der Waals surface area (Å²) in [7, 11) is 0. The van der Waals surface area contributed by atoms with Crippen molar-refractivity contribution in [1.29, 1.82) is 0 Å².